The standard InChI is InChI=1S/C11H18N2O3S/c1-2-13(9-10-4-3-7-16-10)17(14,15)11-5-6-12-8-11/h3-4,7,11-12H,2,5-6,8-9H2,1H3. The van der Waals surface area contributed by atoms with Gasteiger partial charge < -0.3 is 9.73 Å². The lowest BCUT2D eigenvalue weighted by Gasteiger charge is -2.22. The molecular formula is C11H18N2O3S. The van der Waals surface area contributed by atoms with E-state index >= 15 is 0 Å². The molecule has 1 atom stereocenters. The summed E-state index contributed by atoms with van der Waals surface area (Å²) in [5.41, 5.74) is 0. The minimum atomic E-state index is -3.22. The molecule has 2 heterocycles. The molecule has 1 fully saturated rings. The first-order valence-electron chi connectivity index (χ1n) is 5.86. The molecule has 1 N–H and O–H groups in total. The number of nitrogens with one attached hydrogen (secondary N) is 1. The molecule has 0 amide bonds. The Hall–Kier alpha value is -0.850. The van der Waals surface area contributed by atoms with Crippen molar-refractivity contribution in [3.63, 3.8) is 0 Å². The second kappa shape index (κ2) is 5.20. The minimum absolute atomic E-state index is 0.294. The van der Waals surface area contributed by atoms with Gasteiger partial charge in [-0.1, -0.05) is 6.92 Å². The predicted octanol–water partition coefficient (Wildman–Crippen LogP) is 0.793. The lowest BCUT2D eigenvalue weighted by molar-refractivity contribution is 0.371. The van der Waals surface area contributed by atoms with Gasteiger partial charge in [-0.2, -0.15) is 4.31 Å². The molecule has 1 saturated heterocycles. The van der Waals surface area contributed by atoms with E-state index in [-0.39, 0.29) is 5.25 Å². The molecule has 1 aromatic heterocycles. The fraction of sp³-hybridized carbons (Fsp3) is 0.636. The van der Waals surface area contributed by atoms with Crippen LogP contribution in [0.4, 0.5) is 0 Å². The molecule has 0 saturated carbocycles. The Kier molecular flexibility index (Phi) is 3.86. The van der Waals surface area contributed by atoms with Crippen LogP contribution in [0, 0.1) is 0 Å². The molecule has 1 unspecified atom stereocenters. The minimum Gasteiger partial charge on any atom is -0.468 e. The highest BCUT2D eigenvalue weighted by Gasteiger charge is 2.33. The van der Waals surface area contributed by atoms with E-state index in [0.29, 0.717) is 31.8 Å². The maximum atomic E-state index is 12.3. The van der Waals surface area contributed by atoms with Gasteiger partial charge >= 0.3 is 0 Å². The van der Waals surface area contributed by atoms with Crippen molar-refractivity contribution in [2.24, 2.45) is 0 Å². The predicted molar refractivity (Wildman–Crippen MR) is 65.0 cm³/mol. The molecule has 0 aliphatic carbocycles. The molecule has 6 heteroatoms. The monoisotopic (exact) mass is 258 g/mol. The number of rotatable bonds is 5. The summed E-state index contributed by atoms with van der Waals surface area (Å²) >= 11 is 0. The van der Waals surface area contributed by atoms with Crippen molar-refractivity contribution in [3.05, 3.63) is 24.2 Å². The molecule has 2 rings (SSSR count). The Labute approximate surface area is 102 Å². The highest BCUT2D eigenvalue weighted by atomic mass is 32.2. The Morgan fingerprint density at radius 2 is 2.41 bits per heavy atom. The van der Waals surface area contributed by atoms with Crippen LogP contribution >= 0.6 is 0 Å². The van der Waals surface area contributed by atoms with Crippen LogP contribution in [0.1, 0.15) is 19.1 Å². The summed E-state index contributed by atoms with van der Waals surface area (Å²) in [5, 5.41) is 2.79. The van der Waals surface area contributed by atoms with Crippen molar-refractivity contribution in [1.82, 2.24) is 9.62 Å². The molecule has 0 radical (unpaired) electrons. The van der Waals surface area contributed by atoms with E-state index in [4.69, 9.17) is 4.42 Å². The second-order valence-electron chi connectivity index (χ2n) is 4.17. The smallest absolute Gasteiger partial charge is 0.218 e. The van der Waals surface area contributed by atoms with Crippen LogP contribution in [0.2, 0.25) is 0 Å². The summed E-state index contributed by atoms with van der Waals surface area (Å²) in [4.78, 5) is 0. The van der Waals surface area contributed by atoms with Crippen LogP contribution in [0.3, 0.4) is 0 Å². The summed E-state index contributed by atoms with van der Waals surface area (Å²) < 4.78 is 31.4. The summed E-state index contributed by atoms with van der Waals surface area (Å²) in [6.07, 6.45) is 2.25. The third kappa shape index (κ3) is 2.70. The number of furan rings is 1. The normalized spacial score (nSPS) is 21.2. The molecule has 1 aliphatic heterocycles. The first kappa shape index (κ1) is 12.6. The summed E-state index contributed by atoms with van der Waals surface area (Å²) in [6.45, 7) is 3.98. The van der Waals surface area contributed by atoms with Crippen molar-refractivity contribution in [1.29, 1.82) is 0 Å². The largest absolute Gasteiger partial charge is 0.468 e. The van der Waals surface area contributed by atoms with Crippen molar-refractivity contribution in [2.45, 2.75) is 25.1 Å². The van der Waals surface area contributed by atoms with Gasteiger partial charge in [-0.25, -0.2) is 8.42 Å². The topological polar surface area (TPSA) is 62.6 Å². The Morgan fingerprint density at radius 1 is 1.59 bits per heavy atom. The molecule has 0 bridgehead atoms. The molecule has 0 aromatic carbocycles. The Balaban J connectivity index is 2.11. The third-order valence-corrected chi connectivity index (χ3v) is 5.41. The average Bonchev–Trinajstić information content (AvgIpc) is 2.98. The van der Waals surface area contributed by atoms with Gasteiger partial charge in [0.1, 0.15) is 5.76 Å². The van der Waals surface area contributed by atoms with E-state index < -0.39 is 10.0 Å². The molecule has 5 nitrogen and oxygen atoms in total. The third-order valence-electron chi connectivity index (χ3n) is 3.06. The molecular weight excluding hydrogens is 240 g/mol. The summed E-state index contributed by atoms with van der Waals surface area (Å²) in [6, 6.07) is 3.57. The number of hydrogen-bond donors (Lipinski definition) is 1. The van der Waals surface area contributed by atoms with Crippen LogP contribution in [-0.4, -0.2) is 37.6 Å². The van der Waals surface area contributed by atoms with Gasteiger partial charge in [-0.05, 0) is 25.1 Å². The quantitative estimate of drug-likeness (QED) is 0.848. The number of hydrogen-bond acceptors (Lipinski definition) is 4. The van der Waals surface area contributed by atoms with Gasteiger partial charge in [0, 0.05) is 13.1 Å². The number of nitrogens with zero attached hydrogens (tertiary/aromatic N) is 1. The maximum absolute atomic E-state index is 12.3. The first-order valence-corrected chi connectivity index (χ1v) is 7.37. The van der Waals surface area contributed by atoms with Gasteiger partial charge in [0.25, 0.3) is 0 Å². The summed E-state index contributed by atoms with van der Waals surface area (Å²) in [5.74, 6) is 0.682. The van der Waals surface area contributed by atoms with Crippen molar-refractivity contribution in [2.75, 3.05) is 19.6 Å². The van der Waals surface area contributed by atoms with E-state index in [0.717, 1.165) is 6.54 Å². The van der Waals surface area contributed by atoms with Gasteiger partial charge in [0.05, 0.1) is 18.1 Å². The highest BCUT2D eigenvalue weighted by Crippen LogP contribution is 2.18. The average molecular weight is 258 g/mol. The van der Waals surface area contributed by atoms with Crippen LogP contribution in [-0.2, 0) is 16.6 Å². The molecule has 96 valence electrons. The zero-order valence-corrected chi connectivity index (χ0v) is 10.7. The van der Waals surface area contributed by atoms with Crippen LogP contribution in [0.15, 0.2) is 22.8 Å². The van der Waals surface area contributed by atoms with Crippen LogP contribution < -0.4 is 5.32 Å². The van der Waals surface area contributed by atoms with E-state index in [9.17, 15) is 8.42 Å². The van der Waals surface area contributed by atoms with Crippen molar-refractivity contribution < 1.29 is 12.8 Å². The van der Waals surface area contributed by atoms with Gasteiger partial charge in [0.2, 0.25) is 10.0 Å². The first-order chi connectivity index (χ1) is 8.14. The van der Waals surface area contributed by atoms with E-state index in [1.165, 1.54) is 4.31 Å². The van der Waals surface area contributed by atoms with Crippen molar-refractivity contribution in [3.8, 4) is 0 Å². The Morgan fingerprint density at radius 3 is 2.94 bits per heavy atom. The van der Waals surface area contributed by atoms with E-state index in [1.807, 2.05) is 6.92 Å². The SMILES string of the molecule is CCN(Cc1ccco1)S(=O)(=O)C1CCNC1. The zero-order chi connectivity index (χ0) is 12.3. The fourth-order valence-corrected chi connectivity index (χ4v) is 3.88. The second-order valence-corrected chi connectivity index (χ2v) is 6.38. The fourth-order valence-electron chi connectivity index (χ4n) is 2.05. The van der Waals surface area contributed by atoms with Crippen LogP contribution in [0.25, 0.3) is 0 Å². The van der Waals surface area contributed by atoms with Crippen LogP contribution in [0.5, 0.6) is 0 Å². The maximum Gasteiger partial charge on any atom is 0.218 e. The Bertz CT molecular complexity index is 435. The van der Waals surface area contributed by atoms with E-state index in [2.05, 4.69) is 5.32 Å². The number of sulfonamides is 1. The zero-order valence-electron chi connectivity index (χ0n) is 9.93. The van der Waals surface area contributed by atoms with Gasteiger partial charge in [-0.3, -0.25) is 0 Å². The summed E-state index contributed by atoms with van der Waals surface area (Å²) in [7, 11) is -3.22. The molecule has 1 aromatic rings. The lowest BCUT2D eigenvalue weighted by atomic mass is 10.4. The van der Waals surface area contributed by atoms with Gasteiger partial charge in [0.15, 0.2) is 0 Å². The van der Waals surface area contributed by atoms with E-state index in [1.54, 1.807) is 18.4 Å². The van der Waals surface area contributed by atoms with Gasteiger partial charge in [-0.15, -0.1) is 0 Å². The van der Waals surface area contributed by atoms with Crippen molar-refractivity contribution >= 4 is 10.0 Å². The molecule has 17 heavy (non-hydrogen) atoms. The molecule has 0 spiro atoms. The lowest BCUT2D eigenvalue weighted by Crippen LogP contribution is -2.39. The molecule has 1 aliphatic rings. The highest BCUT2D eigenvalue weighted by molar-refractivity contribution is 7.89.